The number of nitrogens with zero attached hydrogens (tertiary/aromatic N) is 1. The van der Waals surface area contributed by atoms with Crippen molar-refractivity contribution in [1.82, 2.24) is 4.90 Å². The molecule has 1 aromatic carbocycles. The Morgan fingerprint density at radius 3 is 2.80 bits per heavy atom. The molecular weight excluding hydrogens is 254 g/mol. The van der Waals surface area contributed by atoms with Crippen molar-refractivity contribution in [2.45, 2.75) is 25.3 Å². The molecule has 3 N–H and O–H groups in total. The van der Waals surface area contributed by atoms with E-state index in [1.807, 2.05) is 24.3 Å². The fourth-order valence-electron chi connectivity index (χ4n) is 2.43. The standard InChI is InChI=1S/C15H23N3O2/c1-20-14-8-3-2-7-13(14)17-15(19)11-18(10-9-16)12-5-4-6-12/h2-3,7-8,12H,4-6,9-11,16H2,1H3,(H,17,19). The molecule has 1 amide bonds. The van der Waals surface area contributed by atoms with Crippen molar-refractivity contribution in [3.8, 4) is 5.75 Å². The van der Waals surface area contributed by atoms with Gasteiger partial charge in [-0.15, -0.1) is 0 Å². The van der Waals surface area contributed by atoms with E-state index in [1.54, 1.807) is 7.11 Å². The molecule has 1 fully saturated rings. The number of benzene rings is 1. The van der Waals surface area contributed by atoms with Crippen molar-refractivity contribution in [2.75, 3.05) is 32.1 Å². The molecule has 5 nitrogen and oxygen atoms in total. The lowest BCUT2D eigenvalue weighted by atomic mass is 9.91. The van der Waals surface area contributed by atoms with Crippen LogP contribution >= 0.6 is 0 Å². The maximum atomic E-state index is 12.2. The lowest BCUT2D eigenvalue weighted by Crippen LogP contribution is -2.46. The second kappa shape index (κ2) is 7.26. The molecule has 0 aliphatic heterocycles. The third-order valence-corrected chi connectivity index (χ3v) is 3.74. The predicted molar refractivity (Wildman–Crippen MR) is 79.9 cm³/mol. The number of hydrogen-bond acceptors (Lipinski definition) is 4. The largest absolute Gasteiger partial charge is 0.495 e. The van der Waals surface area contributed by atoms with Gasteiger partial charge in [-0.05, 0) is 25.0 Å². The van der Waals surface area contributed by atoms with E-state index in [9.17, 15) is 4.79 Å². The van der Waals surface area contributed by atoms with E-state index in [0.717, 1.165) is 6.54 Å². The zero-order chi connectivity index (χ0) is 14.4. The van der Waals surface area contributed by atoms with Crippen LogP contribution in [0.1, 0.15) is 19.3 Å². The number of rotatable bonds is 7. The zero-order valence-electron chi connectivity index (χ0n) is 12.0. The molecule has 20 heavy (non-hydrogen) atoms. The molecule has 0 bridgehead atoms. The van der Waals surface area contributed by atoms with Crippen LogP contribution in [0.15, 0.2) is 24.3 Å². The average Bonchev–Trinajstić information content (AvgIpc) is 2.37. The fourth-order valence-corrected chi connectivity index (χ4v) is 2.43. The van der Waals surface area contributed by atoms with Gasteiger partial charge >= 0.3 is 0 Å². The van der Waals surface area contributed by atoms with Gasteiger partial charge in [0.25, 0.3) is 0 Å². The minimum atomic E-state index is -0.0187. The average molecular weight is 277 g/mol. The van der Waals surface area contributed by atoms with Crippen LogP contribution in [0.25, 0.3) is 0 Å². The van der Waals surface area contributed by atoms with Gasteiger partial charge in [0, 0.05) is 19.1 Å². The first-order valence-electron chi connectivity index (χ1n) is 7.11. The molecule has 0 atom stereocenters. The van der Waals surface area contributed by atoms with E-state index in [2.05, 4.69) is 10.2 Å². The molecule has 5 heteroatoms. The highest BCUT2D eigenvalue weighted by Crippen LogP contribution is 2.25. The van der Waals surface area contributed by atoms with Crippen LogP contribution in [0.3, 0.4) is 0 Å². The fraction of sp³-hybridized carbons (Fsp3) is 0.533. The van der Waals surface area contributed by atoms with E-state index in [0.29, 0.717) is 30.6 Å². The number of nitrogens with two attached hydrogens (primary N) is 1. The van der Waals surface area contributed by atoms with Crippen LogP contribution in [0.5, 0.6) is 5.75 Å². The molecule has 0 heterocycles. The smallest absolute Gasteiger partial charge is 0.238 e. The highest BCUT2D eigenvalue weighted by molar-refractivity contribution is 5.93. The van der Waals surface area contributed by atoms with E-state index < -0.39 is 0 Å². The summed E-state index contributed by atoms with van der Waals surface area (Å²) in [5, 5.41) is 2.91. The molecule has 110 valence electrons. The monoisotopic (exact) mass is 277 g/mol. The Morgan fingerprint density at radius 1 is 1.45 bits per heavy atom. The van der Waals surface area contributed by atoms with Crippen molar-refractivity contribution in [2.24, 2.45) is 5.73 Å². The molecule has 1 saturated carbocycles. The first-order chi connectivity index (χ1) is 9.74. The van der Waals surface area contributed by atoms with Crippen LogP contribution in [0.2, 0.25) is 0 Å². The molecule has 1 aliphatic rings. The predicted octanol–water partition coefficient (Wildman–Crippen LogP) is 1.45. The summed E-state index contributed by atoms with van der Waals surface area (Å²) in [5.74, 6) is 0.657. The van der Waals surface area contributed by atoms with Gasteiger partial charge in [-0.25, -0.2) is 0 Å². The third kappa shape index (κ3) is 3.71. The lowest BCUT2D eigenvalue weighted by Gasteiger charge is -2.36. The van der Waals surface area contributed by atoms with Crippen molar-refractivity contribution < 1.29 is 9.53 Å². The van der Waals surface area contributed by atoms with Crippen molar-refractivity contribution in [1.29, 1.82) is 0 Å². The van der Waals surface area contributed by atoms with Gasteiger partial charge in [0.15, 0.2) is 0 Å². The Bertz CT molecular complexity index is 446. The number of nitrogens with one attached hydrogen (secondary N) is 1. The van der Waals surface area contributed by atoms with Gasteiger partial charge in [0.2, 0.25) is 5.91 Å². The Labute approximate surface area is 120 Å². The summed E-state index contributed by atoms with van der Waals surface area (Å²) in [6.45, 7) is 1.74. The summed E-state index contributed by atoms with van der Waals surface area (Å²) < 4.78 is 5.23. The van der Waals surface area contributed by atoms with E-state index in [-0.39, 0.29) is 5.91 Å². The maximum Gasteiger partial charge on any atom is 0.238 e. The number of ether oxygens (including phenoxy) is 1. The van der Waals surface area contributed by atoms with Crippen LogP contribution in [0.4, 0.5) is 5.69 Å². The van der Waals surface area contributed by atoms with Crippen LogP contribution in [0, 0.1) is 0 Å². The highest BCUT2D eigenvalue weighted by Gasteiger charge is 2.25. The normalized spacial score (nSPS) is 14.9. The van der Waals surface area contributed by atoms with Crippen LogP contribution in [-0.4, -0.2) is 43.6 Å². The molecule has 1 aromatic rings. The molecule has 0 radical (unpaired) electrons. The number of para-hydroxylation sites is 2. The van der Waals surface area contributed by atoms with E-state index >= 15 is 0 Å². The summed E-state index contributed by atoms with van der Waals surface area (Å²) in [5.41, 5.74) is 6.34. The summed E-state index contributed by atoms with van der Waals surface area (Å²) in [4.78, 5) is 14.3. The molecule has 0 spiro atoms. The van der Waals surface area contributed by atoms with Crippen molar-refractivity contribution in [3.63, 3.8) is 0 Å². The minimum absolute atomic E-state index is 0.0187. The molecule has 0 saturated heterocycles. The van der Waals surface area contributed by atoms with Gasteiger partial charge in [-0.1, -0.05) is 18.6 Å². The lowest BCUT2D eigenvalue weighted by molar-refractivity contribution is -0.118. The molecule has 0 aromatic heterocycles. The second-order valence-corrected chi connectivity index (χ2v) is 5.09. The van der Waals surface area contributed by atoms with Gasteiger partial charge < -0.3 is 15.8 Å². The second-order valence-electron chi connectivity index (χ2n) is 5.09. The van der Waals surface area contributed by atoms with E-state index in [1.165, 1.54) is 19.3 Å². The number of anilines is 1. The Kier molecular flexibility index (Phi) is 5.38. The highest BCUT2D eigenvalue weighted by atomic mass is 16.5. The molecule has 2 rings (SSSR count). The number of amides is 1. The summed E-state index contributed by atoms with van der Waals surface area (Å²) >= 11 is 0. The molecule has 0 unspecified atom stereocenters. The molecular formula is C15H23N3O2. The number of carbonyl (C=O) groups is 1. The Hall–Kier alpha value is -1.59. The van der Waals surface area contributed by atoms with Crippen molar-refractivity contribution in [3.05, 3.63) is 24.3 Å². The van der Waals surface area contributed by atoms with Crippen LogP contribution in [-0.2, 0) is 4.79 Å². The van der Waals surface area contributed by atoms with Gasteiger partial charge in [-0.3, -0.25) is 9.69 Å². The first-order valence-corrected chi connectivity index (χ1v) is 7.11. The van der Waals surface area contributed by atoms with Gasteiger partial charge in [0.1, 0.15) is 5.75 Å². The topological polar surface area (TPSA) is 67.6 Å². The molecule has 1 aliphatic carbocycles. The Morgan fingerprint density at radius 2 is 2.20 bits per heavy atom. The van der Waals surface area contributed by atoms with Crippen LogP contribution < -0.4 is 15.8 Å². The zero-order valence-corrected chi connectivity index (χ0v) is 12.0. The van der Waals surface area contributed by atoms with Crippen molar-refractivity contribution >= 4 is 11.6 Å². The number of carbonyl (C=O) groups excluding carboxylic acids is 1. The summed E-state index contributed by atoms with van der Waals surface area (Å²) in [7, 11) is 1.60. The summed E-state index contributed by atoms with van der Waals surface area (Å²) in [6, 6.07) is 7.94. The first kappa shape index (κ1) is 14.8. The van der Waals surface area contributed by atoms with Gasteiger partial charge in [-0.2, -0.15) is 0 Å². The van der Waals surface area contributed by atoms with E-state index in [4.69, 9.17) is 10.5 Å². The SMILES string of the molecule is COc1ccccc1NC(=O)CN(CCN)C1CCC1. The maximum absolute atomic E-state index is 12.2. The van der Waals surface area contributed by atoms with Gasteiger partial charge in [0.05, 0.1) is 19.3 Å². The summed E-state index contributed by atoms with van der Waals surface area (Å²) in [6.07, 6.45) is 3.59. The number of methoxy groups -OCH3 is 1. The quantitative estimate of drug-likeness (QED) is 0.791. The minimum Gasteiger partial charge on any atom is -0.495 e. The number of hydrogen-bond donors (Lipinski definition) is 2. The third-order valence-electron chi connectivity index (χ3n) is 3.74. The Balaban J connectivity index is 1.93.